The number of ether oxygens (including phenoxy) is 2. The molecule has 0 spiro atoms. The summed E-state index contributed by atoms with van der Waals surface area (Å²) < 4.78 is 10.6. The van der Waals surface area contributed by atoms with Crippen LogP contribution in [0.3, 0.4) is 0 Å². The first kappa shape index (κ1) is 13.4. The van der Waals surface area contributed by atoms with E-state index < -0.39 is 6.16 Å². The van der Waals surface area contributed by atoms with Crippen molar-refractivity contribution >= 4 is 51.3 Å². The molecule has 0 aliphatic rings. The summed E-state index contributed by atoms with van der Waals surface area (Å²) in [5, 5.41) is 1.30. The second-order valence-electron chi connectivity index (χ2n) is 3.35. The summed E-state index contributed by atoms with van der Waals surface area (Å²) in [6.45, 7) is 1.97. The molecule has 0 aliphatic carbocycles. The molecule has 94 valence electrons. The van der Waals surface area contributed by atoms with Crippen molar-refractivity contribution in [2.24, 2.45) is 0 Å². The number of hydrogen-bond donors (Lipinski definition) is 0. The lowest BCUT2D eigenvalue weighted by Crippen LogP contribution is -2.11. The summed E-state index contributed by atoms with van der Waals surface area (Å²) in [7, 11) is 0. The van der Waals surface area contributed by atoms with Crippen molar-refractivity contribution in [1.82, 2.24) is 4.98 Å². The fourth-order valence-corrected chi connectivity index (χ4v) is 2.60. The molecule has 0 bridgehead atoms. The van der Waals surface area contributed by atoms with Crippen LogP contribution in [-0.2, 0) is 4.74 Å². The Labute approximate surface area is 122 Å². The van der Waals surface area contributed by atoms with Gasteiger partial charge in [-0.3, -0.25) is 4.98 Å². The number of fused-ring (bicyclic) bond motifs is 1. The predicted molar refractivity (Wildman–Crippen MR) is 77.1 cm³/mol. The Morgan fingerprint density at radius 2 is 2.33 bits per heavy atom. The van der Waals surface area contributed by atoms with E-state index in [1.807, 2.05) is 28.7 Å². The van der Waals surface area contributed by atoms with Crippen LogP contribution in [0.5, 0.6) is 5.75 Å². The van der Waals surface area contributed by atoms with Crippen LogP contribution in [0.25, 0.3) is 10.9 Å². The predicted octanol–water partition coefficient (Wildman–Crippen LogP) is 4.03. The second-order valence-corrected chi connectivity index (χ2v) is 4.92. The van der Waals surface area contributed by atoms with Crippen molar-refractivity contribution in [3.8, 4) is 5.75 Å². The molecule has 0 atom stereocenters. The van der Waals surface area contributed by atoms with E-state index in [2.05, 4.69) is 4.98 Å². The molecule has 0 unspecified atom stereocenters. The Kier molecular flexibility index (Phi) is 4.23. The number of aromatic nitrogens is 1. The highest BCUT2D eigenvalue weighted by Gasteiger charge is 2.15. The third kappa shape index (κ3) is 2.67. The number of pyridine rings is 1. The Hall–Kier alpha value is -1.08. The lowest BCUT2D eigenvalue weighted by atomic mass is 10.2. The molecule has 0 amide bonds. The van der Waals surface area contributed by atoms with Gasteiger partial charge in [-0.25, -0.2) is 4.79 Å². The minimum absolute atomic E-state index is 0.258. The number of benzene rings is 1. The summed E-state index contributed by atoms with van der Waals surface area (Å²) in [5.74, 6) is 0.369. The summed E-state index contributed by atoms with van der Waals surface area (Å²) in [6.07, 6.45) is 0.872. The Bertz CT molecular complexity index is 603. The topological polar surface area (TPSA) is 48.4 Å². The minimum Gasteiger partial charge on any atom is -0.434 e. The maximum absolute atomic E-state index is 11.4. The highest BCUT2D eigenvalue weighted by Crippen LogP contribution is 2.34. The number of rotatable bonds is 2. The first-order chi connectivity index (χ1) is 8.63. The number of halogens is 2. The average Bonchev–Trinajstić information content (AvgIpc) is 2.35. The van der Waals surface area contributed by atoms with Gasteiger partial charge >= 0.3 is 6.16 Å². The van der Waals surface area contributed by atoms with Gasteiger partial charge in [0.05, 0.1) is 15.2 Å². The zero-order valence-electron chi connectivity index (χ0n) is 9.44. The van der Waals surface area contributed by atoms with Gasteiger partial charge in [-0.1, -0.05) is 11.6 Å². The minimum atomic E-state index is -0.746. The van der Waals surface area contributed by atoms with E-state index in [0.29, 0.717) is 19.9 Å². The van der Waals surface area contributed by atoms with Crippen LogP contribution in [0.2, 0.25) is 5.02 Å². The van der Waals surface area contributed by atoms with E-state index in [0.717, 1.165) is 5.39 Å². The maximum atomic E-state index is 11.4. The molecule has 0 aliphatic heterocycles. The molecule has 4 nitrogen and oxygen atoms in total. The number of carbonyl (C=O) groups excluding carboxylic acids is 1. The zero-order chi connectivity index (χ0) is 13.1. The summed E-state index contributed by atoms with van der Waals surface area (Å²) >= 11 is 8.15. The molecule has 1 heterocycles. The van der Waals surface area contributed by atoms with E-state index in [4.69, 9.17) is 21.1 Å². The van der Waals surface area contributed by atoms with E-state index in [9.17, 15) is 4.79 Å². The van der Waals surface area contributed by atoms with Crippen LogP contribution in [0.1, 0.15) is 6.92 Å². The quantitative estimate of drug-likeness (QED) is 0.450. The van der Waals surface area contributed by atoms with Crippen LogP contribution < -0.4 is 4.74 Å². The van der Waals surface area contributed by atoms with Gasteiger partial charge in [0.25, 0.3) is 0 Å². The Morgan fingerprint density at radius 3 is 3.06 bits per heavy atom. The fraction of sp³-hybridized carbons (Fsp3) is 0.167. The number of nitrogens with zero attached hydrogens (tertiary/aromatic N) is 1. The van der Waals surface area contributed by atoms with Crippen molar-refractivity contribution in [2.45, 2.75) is 6.92 Å². The first-order valence-electron chi connectivity index (χ1n) is 5.20. The van der Waals surface area contributed by atoms with Gasteiger partial charge < -0.3 is 9.47 Å². The van der Waals surface area contributed by atoms with Gasteiger partial charge in [-0.2, -0.15) is 0 Å². The third-order valence-corrected chi connectivity index (χ3v) is 3.31. The van der Waals surface area contributed by atoms with E-state index in [1.165, 1.54) is 0 Å². The summed E-state index contributed by atoms with van der Waals surface area (Å²) in [6, 6.07) is 5.31. The largest absolute Gasteiger partial charge is 0.513 e. The van der Waals surface area contributed by atoms with Crippen molar-refractivity contribution in [1.29, 1.82) is 0 Å². The molecular weight excluding hydrogens is 368 g/mol. The molecule has 0 saturated heterocycles. The first-order valence-corrected chi connectivity index (χ1v) is 6.66. The molecule has 1 aromatic heterocycles. The molecular formula is C12H9ClINO3. The van der Waals surface area contributed by atoms with E-state index >= 15 is 0 Å². The van der Waals surface area contributed by atoms with Gasteiger partial charge in [0, 0.05) is 11.6 Å². The molecule has 0 fully saturated rings. The monoisotopic (exact) mass is 377 g/mol. The van der Waals surface area contributed by atoms with Crippen LogP contribution in [0, 0.1) is 3.57 Å². The van der Waals surface area contributed by atoms with Gasteiger partial charge in [-0.15, -0.1) is 0 Å². The SMILES string of the molecule is CCOC(=O)Oc1c(I)cc(Cl)c2cccnc12. The lowest BCUT2D eigenvalue weighted by molar-refractivity contribution is 0.104. The Morgan fingerprint density at radius 1 is 1.56 bits per heavy atom. The summed E-state index contributed by atoms with van der Waals surface area (Å²) in [5.41, 5.74) is 0.544. The highest BCUT2D eigenvalue weighted by atomic mass is 127. The standard InChI is InChI=1S/C12H9ClINO3/c1-2-17-12(16)18-11-9(14)6-8(13)7-4-3-5-15-10(7)11/h3-6H,2H2,1H3. The smallest absolute Gasteiger partial charge is 0.434 e. The van der Waals surface area contributed by atoms with Crippen molar-refractivity contribution in [2.75, 3.05) is 6.61 Å². The van der Waals surface area contributed by atoms with Crippen LogP contribution >= 0.6 is 34.2 Å². The second kappa shape index (κ2) is 5.71. The lowest BCUT2D eigenvalue weighted by Gasteiger charge is -2.09. The van der Waals surface area contributed by atoms with Crippen LogP contribution in [-0.4, -0.2) is 17.7 Å². The van der Waals surface area contributed by atoms with Gasteiger partial charge in [0.2, 0.25) is 0 Å². The molecule has 1 aromatic carbocycles. The average molecular weight is 378 g/mol. The molecule has 2 rings (SSSR count). The van der Waals surface area contributed by atoms with Crippen molar-refractivity contribution in [3.63, 3.8) is 0 Å². The van der Waals surface area contributed by atoms with Gasteiger partial charge in [-0.05, 0) is 47.7 Å². The van der Waals surface area contributed by atoms with Crippen molar-refractivity contribution < 1.29 is 14.3 Å². The molecule has 18 heavy (non-hydrogen) atoms. The summed E-state index contributed by atoms with van der Waals surface area (Å²) in [4.78, 5) is 15.6. The fourth-order valence-electron chi connectivity index (χ4n) is 1.47. The van der Waals surface area contributed by atoms with Gasteiger partial charge in [0.15, 0.2) is 5.75 Å². The zero-order valence-corrected chi connectivity index (χ0v) is 12.4. The number of hydrogen-bond acceptors (Lipinski definition) is 4. The van der Waals surface area contributed by atoms with E-state index in [1.54, 1.807) is 25.3 Å². The molecule has 0 saturated carbocycles. The van der Waals surface area contributed by atoms with E-state index in [-0.39, 0.29) is 6.61 Å². The van der Waals surface area contributed by atoms with Gasteiger partial charge in [0.1, 0.15) is 5.52 Å². The normalized spacial score (nSPS) is 10.4. The van der Waals surface area contributed by atoms with Crippen LogP contribution in [0.4, 0.5) is 4.79 Å². The third-order valence-electron chi connectivity index (χ3n) is 2.20. The molecule has 0 radical (unpaired) electrons. The highest BCUT2D eigenvalue weighted by molar-refractivity contribution is 14.1. The molecule has 2 aromatic rings. The molecule has 0 N–H and O–H groups in total. The maximum Gasteiger partial charge on any atom is 0.513 e. The van der Waals surface area contributed by atoms with Crippen molar-refractivity contribution in [3.05, 3.63) is 33.0 Å². The number of carbonyl (C=O) groups is 1. The van der Waals surface area contributed by atoms with Crippen LogP contribution in [0.15, 0.2) is 24.4 Å². The Balaban J connectivity index is 2.52. The molecule has 6 heteroatoms.